The lowest BCUT2D eigenvalue weighted by Crippen LogP contribution is -2.40. The third-order valence-corrected chi connectivity index (χ3v) is 6.13. The van der Waals surface area contributed by atoms with E-state index in [2.05, 4.69) is 0 Å². The highest BCUT2D eigenvalue weighted by molar-refractivity contribution is 7.90. The third-order valence-electron chi connectivity index (χ3n) is 4.68. The third kappa shape index (κ3) is 3.76. The highest BCUT2D eigenvalue weighted by Gasteiger charge is 2.50. The van der Waals surface area contributed by atoms with Crippen LogP contribution in [0.4, 0.5) is 0 Å². The Balaban J connectivity index is 1.94. The van der Waals surface area contributed by atoms with Gasteiger partial charge >= 0.3 is 10.1 Å². The van der Waals surface area contributed by atoms with Crippen molar-refractivity contribution in [2.75, 3.05) is 14.2 Å². The minimum Gasteiger partial charge on any atom is -0.493 e. The first kappa shape index (κ1) is 22.7. The van der Waals surface area contributed by atoms with E-state index in [1.807, 2.05) is 0 Å². The van der Waals surface area contributed by atoms with Crippen LogP contribution in [0.2, 0.25) is 0 Å². The standard InChI is InChI=1S/C19H16B3NO7S/c1-27-13-9-8-12(10-14(13)28-2)18(20)16(24)15(17(23)29-18)30-31(25,26)19(21,22)11-6-4-3-5-7-11/h3-10H,23H2,1-2H3/t18-/m1/s1. The van der Waals surface area contributed by atoms with Crippen molar-refractivity contribution in [3.05, 3.63) is 71.3 Å². The Kier molecular flexibility index (Phi) is 5.79. The van der Waals surface area contributed by atoms with E-state index in [0.717, 1.165) is 0 Å². The lowest BCUT2D eigenvalue weighted by molar-refractivity contribution is -0.126. The van der Waals surface area contributed by atoms with Gasteiger partial charge in [0.15, 0.2) is 17.0 Å². The second kappa shape index (κ2) is 7.92. The number of hydrogen-bond donors (Lipinski definition) is 1. The molecule has 1 aliphatic rings. The first-order valence-electron chi connectivity index (χ1n) is 8.80. The molecule has 0 saturated heterocycles. The molecule has 0 saturated carbocycles. The van der Waals surface area contributed by atoms with E-state index in [1.165, 1.54) is 44.6 Å². The molecule has 1 heterocycles. The van der Waals surface area contributed by atoms with Crippen LogP contribution in [0.1, 0.15) is 11.1 Å². The van der Waals surface area contributed by atoms with E-state index < -0.39 is 37.6 Å². The molecular formula is C19H16B3NO7S. The summed E-state index contributed by atoms with van der Waals surface area (Å²) < 4.78 is 43.7. The Morgan fingerprint density at radius 2 is 1.65 bits per heavy atom. The molecule has 8 nitrogen and oxygen atoms in total. The van der Waals surface area contributed by atoms with Crippen LogP contribution in [-0.2, 0) is 33.9 Å². The topological polar surface area (TPSA) is 114 Å². The molecule has 0 unspecified atom stereocenters. The molecule has 0 aromatic heterocycles. The Bertz CT molecular complexity index is 1150. The molecule has 0 bridgehead atoms. The van der Waals surface area contributed by atoms with Crippen LogP contribution in [0.5, 0.6) is 11.5 Å². The quantitative estimate of drug-likeness (QED) is 0.487. The molecular weight excluding hydrogens is 419 g/mol. The number of nitrogens with two attached hydrogens (primary N) is 1. The van der Waals surface area contributed by atoms with Crippen LogP contribution in [0, 0.1) is 0 Å². The monoisotopic (exact) mass is 435 g/mol. The Morgan fingerprint density at radius 1 is 1.03 bits per heavy atom. The maximum atomic E-state index is 13.0. The summed E-state index contributed by atoms with van der Waals surface area (Å²) in [6, 6.07) is 11.8. The van der Waals surface area contributed by atoms with E-state index in [4.69, 9.17) is 47.7 Å². The first-order chi connectivity index (χ1) is 14.5. The zero-order chi connectivity index (χ0) is 23.0. The van der Waals surface area contributed by atoms with E-state index in [9.17, 15) is 13.2 Å². The summed E-state index contributed by atoms with van der Waals surface area (Å²) in [6.45, 7) is 0. The van der Waals surface area contributed by atoms with Crippen molar-refractivity contribution in [2.24, 2.45) is 5.73 Å². The van der Waals surface area contributed by atoms with Gasteiger partial charge in [-0.05, 0) is 23.3 Å². The Labute approximate surface area is 184 Å². The molecule has 1 atom stereocenters. The van der Waals surface area contributed by atoms with Gasteiger partial charge in [0.25, 0.3) is 0 Å². The summed E-state index contributed by atoms with van der Waals surface area (Å²) in [5.74, 6) is -1.90. The number of carbonyl (C=O) groups is 1. The molecule has 2 aromatic carbocycles. The molecule has 0 fully saturated rings. The largest absolute Gasteiger partial charge is 0.493 e. The second-order valence-corrected chi connectivity index (χ2v) is 8.38. The normalized spacial score (nSPS) is 19.1. The minimum absolute atomic E-state index is 0.0273. The Hall–Kier alpha value is -3.01. The van der Waals surface area contributed by atoms with Crippen molar-refractivity contribution in [2.45, 2.75) is 10.0 Å². The zero-order valence-electron chi connectivity index (χ0n) is 16.7. The van der Waals surface area contributed by atoms with Gasteiger partial charge in [-0.15, -0.1) is 0 Å². The number of hydrogen-bond acceptors (Lipinski definition) is 8. The summed E-state index contributed by atoms with van der Waals surface area (Å²) in [5, 5.41) is 0. The second-order valence-electron chi connectivity index (χ2n) is 6.63. The smallest absolute Gasteiger partial charge is 0.302 e. The number of methoxy groups -OCH3 is 2. The van der Waals surface area contributed by atoms with Gasteiger partial charge in [-0.2, -0.15) is 8.42 Å². The van der Waals surface area contributed by atoms with Crippen LogP contribution in [0.3, 0.4) is 0 Å². The van der Waals surface area contributed by atoms with Crippen LogP contribution >= 0.6 is 0 Å². The average molecular weight is 435 g/mol. The summed E-state index contributed by atoms with van der Waals surface area (Å²) in [6.07, 6.45) is 0. The SMILES string of the molecule is [B]C([B])(c1ccccc1)S(=O)(=O)OC1=C(N)O[C@]([B])(c2ccc(OC)c(OC)c2)C1=O. The number of carbonyl (C=O) groups excluding carboxylic acids is 1. The predicted octanol–water partition coefficient (Wildman–Crippen LogP) is 0.246. The fourth-order valence-electron chi connectivity index (χ4n) is 2.90. The van der Waals surface area contributed by atoms with E-state index in [-0.39, 0.29) is 16.9 Å². The molecule has 6 radical (unpaired) electrons. The van der Waals surface area contributed by atoms with Crippen molar-refractivity contribution in [1.82, 2.24) is 0 Å². The van der Waals surface area contributed by atoms with Gasteiger partial charge in [-0.3, -0.25) is 4.79 Å². The van der Waals surface area contributed by atoms with Crippen molar-refractivity contribution >= 4 is 39.4 Å². The van der Waals surface area contributed by atoms with Crippen LogP contribution < -0.4 is 15.2 Å². The van der Waals surface area contributed by atoms with Gasteiger partial charge in [0.2, 0.25) is 17.4 Å². The maximum absolute atomic E-state index is 13.0. The van der Waals surface area contributed by atoms with E-state index in [0.29, 0.717) is 5.75 Å². The molecule has 0 amide bonds. The van der Waals surface area contributed by atoms with Crippen molar-refractivity contribution in [3.8, 4) is 11.5 Å². The highest BCUT2D eigenvalue weighted by atomic mass is 32.2. The molecule has 2 aromatic rings. The van der Waals surface area contributed by atoms with E-state index in [1.54, 1.807) is 18.2 Å². The van der Waals surface area contributed by atoms with Crippen LogP contribution in [0.25, 0.3) is 0 Å². The van der Waals surface area contributed by atoms with Crippen molar-refractivity contribution in [1.29, 1.82) is 0 Å². The highest BCUT2D eigenvalue weighted by Crippen LogP contribution is 2.40. The average Bonchev–Trinajstić information content (AvgIpc) is 2.97. The lowest BCUT2D eigenvalue weighted by atomic mass is 9.65. The molecule has 1 aliphatic heterocycles. The Morgan fingerprint density at radius 3 is 2.23 bits per heavy atom. The molecule has 3 rings (SSSR count). The molecule has 154 valence electrons. The molecule has 12 heteroatoms. The minimum atomic E-state index is -4.80. The molecule has 0 aliphatic carbocycles. The van der Waals surface area contributed by atoms with Gasteiger partial charge in [-0.1, -0.05) is 36.4 Å². The van der Waals surface area contributed by atoms with Gasteiger partial charge in [0.1, 0.15) is 7.85 Å². The number of rotatable bonds is 7. The van der Waals surface area contributed by atoms with Crippen molar-refractivity contribution in [3.63, 3.8) is 0 Å². The number of Topliss-reactive ketones (excluding diaryl/α,β-unsaturated/α-hetero) is 1. The van der Waals surface area contributed by atoms with E-state index >= 15 is 0 Å². The first-order valence-corrected chi connectivity index (χ1v) is 10.2. The van der Waals surface area contributed by atoms with Crippen LogP contribution in [0.15, 0.2) is 60.2 Å². The number of ether oxygens (including phenoxy) is 3. The molecule has 0 spiro atoms. The fraction of sp³-hybridized carbons (Fsp3) is 0.211. The lowest BCUT2D eigenvalue weighted by Gasteiger charge is -2.26. The summed E-state index contributed by atoms with van der Waals surface area (Å²) >= 11 is 0. The fourth-order valence-corrected chi connectivity index (χ4v) is 3.84. The van der Waals surface area contributed by atoms with Gasteiger partial charge in [-0.25, -0.2) is 0 Å². The zero-order valence-corrected chi connectivity index (χ0v) is 17.5. The number of benzene rings is 2. The van der Waals surface area contributed by atoms with Gasteiger partial charge in [0.05, 0.1) is 34.5 Å². The summed E-state index contributed by atoms with van der Waals surface area (Å²) in [7, 11) is 15.8. The predicted molar refractivity (Wildman–Crippen MR) is 114 cm³/mol. The van der Waals surface area contributed by atoms with Crippen molar-refractivity contribution < 1.29 is 31.6 Å². The van der Waals surface area contributed by atoms with Gasteiger partial charge < -0.3 is 24.1 Å². The summed E-state index contributed by atoms with van der Waals surface area (Å²) in [5.41, 5.74) is 3.70. The maximum Gasteiger partial charge on any atom is 0.302 e. The number of ketones is 1. The van der Waals surface area contributed by atoms with Gasteiger partial charge in [0, 0.05) is 0 Å². The summed E-state index contributed by atoms with van der Waals surface area (Å²) in [4.78, 5) is 13.0. The van der Waals surface area contributed by atoms with Crippen LogP contribution in [-0.4, -0.2) is 52.0 Å². The molecule has 31 heavy (non-hydrogen) atoms. The molecule has 2 N–H and O–H groups in total.